The number of hydrogen-bond acceptors (Lipinski definition) is 1. The highest BCUT2D eigenvalue weighted by Crippen LogP contribution is 2.11. The van der Waals surface area contributed by atoms with Crippen LogP contribution in [0.3, 0.4) is 0 Å². The SMILES string of the molecule is C=C/C=C\c1cncc(C)c1C. The molecule has 1 heterocycles. The summed E-state index contributed by atoms with van der Waals surface area (Å²) in [5, 5.41) is 0. The van der Waals surface area contributed by atoms with Crippen LogP contribution in [0.4, 0.5) is 0 Å². The van der Waals surface area contributed by atoms with Crippen LogP contribution in [0.2, 0.25) is 0 Å². The Morgan fingerprint density at radius 2 is 2.08 bits per heavy atom. The summed E-state index contributed by atoms with van der Waals surface area (Å²) >= 11 is 0. The van der Waals surface area contributed by atoms with Crippen LogP contribution in [0.25, 0.3) is 6.08 Å². The molecule has 0 spiro atoms. The third-order valence-corrected chi connectivity index (χ3v) is 1.92. The first kappa shape index (κ1) is 8.72. The Hall–Kier alpha value is -1.37. The van der Waals surface area contributed by atoms with Crippen LogP contribution in [-0.2, 0) is 0 Å². The minimum Gasteiger partial charge on any atom is -0.264 e. The van der Waals surface area contributed by atoms with Crippen molar-refractivity contribution < 1.29 is 0 Å². The molecule has 1 rings (SSSR count). The lowest BCUT2D eigenvalue weighted by molar-refractivity contribution is 1.20. The van der Waals surface area contributed by atoms with Gasteiger partial charge in [0.05, 0.1) is 0 Å². The van der Waals surface area contributed by atoms with Gasteiger partial charge in [0.2, 0.25) is 0 Å². The molecule has 1 nitrogen and oxygen atoms in total. The van der Waals surface area contributed by atoms with Gasteiger partial charge in [-0.05, 0) is 30.5 Å². The summed E-state index contributed by atoms with van der Waals surface area (Å²) in [4.78, 5) is 4.11. The van der Waals surface area contributed by atoms with Crippen molar-refractivity contribution in [2.24, 2.45) is 0 Å². The Morgan fingerprint density at radius 1 is 1.33 bits per heavy atom. The third-order valence-electron chi connectivity index (χ3n) is 1.92. The molecule has 0 unspecified atom stereocenters. The van der Waals surface area contributed by atoms with E-state index in [4.69, 9.17) is 0 Å². The Morgan fingerprint density at radius 3 is 2.75 bits per heavy atom. The molecule has 0 amide bonds. The minimum absolute atomic E-state index is 1.16. The highest BCUT2D eigenvalue weighted by molar-refractivity contribution is 5.55. The molecular formula is C11H13N. The van der Waals surface area contributed by atoms with E-state index in [2.05, 4.69) is 25.4 Å². The second-order valence-corrected chi connectivity index (χ2v) is 2.77. The van der Waals surface area contributed by atoms with Crippen molar-refractivity contribution in [3.63, 3.8) is 0 Å². The summed E-state index contributed by atoms with van der Waals surface area (Å²) in [6.07, 6.45) is 9.44. The molecule has 1 aromatic heterocycles. The average molecular weight is 159 g/mol. The smallest absolute Gasteiger partial charge is 0.0343 e. The number of hydrogen-bond donors (Lipinski definition) is 0. The van der Waals surface area contributed by atoms with Gasteiger partial charge < -0.3 is 0 Å². The number of aryl methyl sites for hydroxylation is 1. The van der Waals surface area contributed by atoms with Crippen molar-refractivity contribution in [1.29, 1.82) is 0 Å². The van der Waals surface area contributed by atoms with E-state index in [-0.39, 0.29) is 0 Å². The van der Waals surface area contributed by atoms with Crippen LogP contribution in [0.15, 0.2) is 31.1 Å². The van der Waals surface area contributed by atoms with Gasteiger partial charge >= 0.3 is 0 Å². The summed E-state index contributed by atoms with van der Waals surface area (Å²) in [6, 6.07) is 0. The van der Waals surface area contributed by atoms with Crippen molar-refractivity contribution in [2.75, 3.05) is 0 Å². The van der Waals surface area contributed by atoms with Crippen molar-refractivity contribution in [2.45, 2.75) is 13.8 Å². The van der Waals surface area contributed by atoms with E-state index in [1.807, 2.05) is 24.5 Å². The van der Waals surface area contributed by atoms with Gasteiger partial charge in [0.1, 0.15) is 0 Å². The van der Waals surface area contributed by atoms with Gasteiger partial charge in [-0.3, -0.25) is 4.98 Å². The molecule has 62 valence electrons. The minimum atomic E-state index is 1.16. The monoisotopic (exact) mass is 159 g/mol. The van der Waals surface area contributed by atoms with Crippen LogP contribution in [-0.4, -0.2) is 4.98 Å². The summed E-state index contributed by atoms with van der Waals surface area (Å²) in [5.74, 6) is 0. The van der Waals surface area contributed by atoms with Gasteiger partial charge in [-0.15, -0.1) is 0 Å². The number of aromatic nitrogens is 1. The largest absolute Gasteiger partial charge is 0.264 e. The van der Waals surface area contributed by atoms with Gasteiger partial charge in [-0.1, -0.05) is 24.8 Å². The number of pyridine rings is 1. The van der Waals surface area contributed by atoms with Crippen molar-refractivity contribution in [1.82, 2.24) is 4.98 Å². The van der Waals surface area contributed by atoms with E-state index in [9.17, 15) is 0 Å². The Kier molecular flexibility index (Phi) is 2.81. The van der Waals surface area contributed by atoms with E-state index < -0.39 is 0 Å². The molecule has 0 N–H and O–H groups in total. The van der Waals surface area contributed by atoms with Crippen LogP contribution >= 0.6 is 0 Å². The molecule has 0 atom stereocenters. The van der Waals surface area contributed by atoms with E-state index >= 15 is 0 Å². The first-order valence-corrected chi connectivity index (χ1v) is 3.96. The zero-order valence-corrected chi connectivity index (χ0v) is 7.54. The second-order valence-electron chi connectivity index (χ2n) is 2.77. The fraction of sp³-hybridized carbons (Fsp3) is 0.182. The van der Waals surface area contributed by atoms with Crippen LogP contribution in [0.5, 0.6) is 0 Å². The van der Waals surface area contributed by atoms with Gasteiger partial charge in [0, 0.05) is 12.4 Å². The highest BCUT2D eigenvalue weighted by Gasteiger charge is 1.95. The molecule has 12 heavy (non-hydrogen) atoms. The number of allylic oxidation sites excluding steroid dienone is 2. The van der Waals surface area contributed by atoms with E-state index in [1.54, 1.807) is 6.08 Å². The molecule has 0 saturated carbocycles. The summed E-state index contributed by atoms with van der Waals surface area (Å²) < 4.78 is 0. The Labute approximate surface area is 73.5 Å². The molecule has 0 aliphatic rings. The quantitative estimate of drug-likeness (QED) is 0.604. The predicted octanol–water partition coefficient (Wildman–Crippen LogP) is 2.90. The maximum Gasteiger partial charge on any atom is 0.0343 e. The molecule has 1 aromatic rings. The van der Waals surface area contributed by atoms with Crippen LogP contribution in [0, 0.1) is 13.8 Å². The summed E-state index contributed by atoms with van der Waals surface area (Å²) in [6.45, 7) is 7.78. The lowest BCUT2D eigenvalue weighted by Crippen LogP contribution is -1.87. The normalized spacial score (nSPS) is 10.5. The van der Waals surface area contributed by atoms with Gasteiger partial charge in [-0.25, -0.2) is 0 Å². The second kappa shape index (κ2) is 3.86. The van der Waals surface area contributed by atoms with Crippen molar-refractivity contribution in [3.05, 3.63) is 47.8 Å². The molecule has 0 aromatic carbocycles. The average Bonchev–Trinajstić information content (AvgIpc) is 2.08. The maximum absolute atomic E-state index is 4.11. The molecule has 0 fully saturated rings. The molecule has 0 aliphatic carbocycles. The van der Waals surface area contributed by atoms with Gasteiger partial charge in [0.15, 0.2) is 0 Å². The van der Waals surface area contributed by atoms with Crippen LogP contribution < -0.4 is 0 Å². The predicted molar refractivity (Wildman–Crippen MR) is 52.9 cm³/mol. The van der Waals surface area contributed by atoms with E-state index in [1.165, 1.54) is 11.1 Å². The standard InChI is InChI=1S/C11H13N/c1-4-5-6-11-8-12-7-9(2)10(11)3/h4-8H,1H2,2-3H3/b6-5-. The van der Waals surface area contributed by atoms with Crippen LogP contribution in [0.1, 0.15) is 16.7 Å². The lowest BCUT2D eigenvalue weighted by atomic mass is 10.1. The Balaban J connectivity index is 3.07. The first-order chi connectivity index (χ1) is 5.75. The first-order valence-electron chi connectivity index (χ1n) is 3.96. The third kappa shape index (κ3) is 1.82. The van der Waals surface area contributed by atoms with Gasteiger partial charge in [0.25, 0.3) is 0 Å². The molecule has 0 saturated heterocycles. The zero-order valence-electron chi connectivity index (χ0n) is 7.54. The molecule has 0 aliphatic heterocycles. The highest BCUT2D eigenvalue weighted by atomic mass is 14.6. The van der Waals surface area contributed by atoms with Gasteiger partial charge in [-0.2, -0.15) is 0 Å². The zero-order chi connectivity index (χ0) is 8.97. The van der Waals surface area contributed by atoms with E-state index in [0.717, 1.165) is 5.56 Å². The van der Waals surface area contributed by atoms with Crippen molar-refractivity contribution in [3.8, 4) is 0 Å². The fourth-order valence-electron chi connectivity index (χ4n) is 0.990. The Bertz CT molecular complexity index is 311. The topological polar surface area (TPSA) is 12.9 Å². The lowest BCUT2D eigenvalue weighted by Gasteiger charge is -2.01. The molecular weight excluding hydrogens is 146 g/mol. The summed E-state index contributed by atoms with van der Waals surface area (Å²) in [5.41, 5.74) is 3.67. The number of nitrogens with zero attached hydrogens (tertiary/aromatic N) is 1. The number of rotatable bonds is 2. The maximum atomic E-state index is 4.11. The van der Waals surface area contributed by atoms with Crippen molar-refractivity contribution >= 4 is 6.08 Å². The molecule has 1 heteroatoms. The fourth-order valence-corrected chi connectivity index (χ4v) is 0.990. The summed E-state index contributed by atoms with van der Waals surface area (Å²) in [7, 11) is 0. The molecule has 0 bridgehead atoms. The van der Waals surface area contributed by atoms with E-state index in [0.29, 0.717) is 0 Å². The molecule has 0 radical (unpaired) electrons.